The highest BCUT2D eigenvalue weighted by Crippen LogP contribution is 2.22. The van der Waals surface area contributed by atoms with Crippen molar-refractivity contribution in [3.05, 3.63) is 0 Å². The highest BCUT2D eigenvalue weighted by Gasteiger charge is 2.40. The molecule has 0 spiro atoms. The summed E-state index contributed by atoms with van der Waals surface area (Å²) in [5.74, 6) is 0.615. The third kappa shape index (κ3) is 3.19. The van der Waals surface area contributed by atoms with Gasteiger partial charge in [-0.05, 0) is 19.3 Å². The van der Waals surface area contributed by atoms with Crippen LogP contribution in [0, 0.1) is 5.92 Å². The molecule has 1 aliphatic rings. The topological polar surface area (TPSA) is 41.6 Å². The number of nitrogens with one attached hydrogen (secondary N) is 1. The van der Waals surface area contributed by atoms with Crippen LogP contribution in [-0.2, 0) is 9.53 Å². The third-order valence-electron chi connectivity index (χ3n) is 3.43. The second kappa shape index (κ2) is 6.36. The standard InChI is InChI=1S/C13H26N2O2/c1-6-7-12-14-10(4)13(16)15(12)11(8-17-5)9(2)3/h9-12,14H,6-8H2,1-5H3. The second-order valence-corrected chi connectivity index (χ2v) is 5.21. The van der Waals surface area contributed by atoms with E-state index < -0.39 is 0 Å². The van der Waals surface area contributed by atoms with Gasteiger partial charge in [-0.3, -0.25) is 10.1 Å². The van der Waals surface area contributed by atoms with Gasteiger partial charge in [-0.25, -0.2) is 0 Å². The molecule has 3 atom stereocenters. The summed E-state index contributed by atoms with van der Waals surface area (Å²) in [6.07, 6.45) is 2.25. The van der Waals surface area contributed by atoms with E-state index in [2.05, 4.69) is 26.1 Å². The highest BCUT2D eigenvalue weighted by molar-refractivity contribution is 5.84. The molecule has 0 bridgehead atoms. The van der Waals surface area contributed by atoms with Crippen molar-refractivity contribution in [2.75, 3.05) is 13.7 Å². The zero-order valence-electron chi connectivity index (χ0n) is 11.7. The molecule has 0 radical (unpaired) electrons. The molecule has 100 valence electrons. The molecule has 4 nitrogen and oxygen atoms in total. The molecule has 0 aromatic carbocycles. The van der Waals surface area contributed by atoms with E-state index in [1.54, 1.807) is 7.11 Å². The molecule has 1 fully saturated rings. The first-order valence-corrected chi connectivity index (χ1v) is 6.60. The van der Waals surface area contributed by atoms with Gasteiger partial charge in [-0.15, -0.1) is 0 Å². The van der Waals surface area contributed by atoms with Crippen LogP contribution >= 0.6 is 0 Å². The Kier molecular flexibility index (Phi) is 5.40. The molecule has 1 amide bonds. The molecule has 17 heavy (non-hydrogen) atoms. The number of rotatable bonds is 6. The van der Waals surface area contributed by atoms with Crippen LogP contribution in [-0.4, -0.2) is 42.8 Å². The maximum absolute atomic E-state index is 12.2. The minimum absolute atomic E-state index is 0.0651. The summed E-state index contributed by atoms with van der Waals surface area (Å²) in [5.41, 5.74) is 0. The van der Waals surface area contributed by atoms with Crippen molar-refractivity contribution in [2.45, 2.75) is 58.8 Å². The Bertz CT molecular complexity index is 256. The minimum Gasteiger partial charge on any atom is -0.383 e. The van der Waals surface area contributed by atoms with E-state index in [0.717, 1.165) is 12.8 Å². The van der Waals surface area contributed by atoms with E-state index in [-0.39, 0.29) is 24.2 Å². The van der Waals surface area contributed by atoms with E-state index in [4.69, 9.17) is 4.74 Å². The summed E-state index contributed by atoms with van der Waals surface area (Å²) >= 11 is 0. The second-order valence-electron chi connectivity index (χ2n) is 5.21. The summed E-state index contributed by atoms with van der Waals surface area (Å²) in [6.45, 7) is 8.98. The number of methoxy groups -OCH3 is 1. The largest absolute Gasteiger partial charge is 0.383 e. The molecule has 4 heteroatoms. The first-order chi connectivity index (χ1) is 8.02. The van der Waals surface area contributed by atoms with E-state index in [1.807, 2.05) is 11.8 Å². The molecular weight excluding hydrogens is 216 g/mol. The van der Waals surface area contributed by atoms with E-state index in [1.165, 1.54) is 0 Å². The fourth-order valence-corrected chi connectivity index (χ4v) is 2.47. The number of carbonyl (C=O) groups is 1. The summed E-state index contributed by atoms with van der Waals surface area (Å²) in [7, 11) is 1.70. The Morgan fingerprint density at radius 3 is 2.59 bits per heavy atom. The third-order valence-corrected chi connectivity index (χ3v) is 3.43. The lowest BCUT2D eigenvalue weighted by Gasteiger charge is -2.34. The fourth-order valence-electron chi connectivity index (χ4n) is 2.47. The van der Waals surface area contributed by atoms with Crippen LogP contribution in [0.25, 0.3) is 0 Å². The number of carbonyl (C=O) groups excluding carboxylic acids is 1. The van der Waals surface area contributed by atoms with Gasteiger partial charge in [0, 0.05) is 7.11 Å². The quantitative estimate of drug-likeness (QED) is 0.769. The van der Waals surface area contributed by atoms with Gasteiger partial charge < -0.3 is 9.64 Å². The molecule has 1 aliphatic heterocycles. The van der Waals surface area contributed by atoms with Gasteiger partial charge in [-0.2, -0.15) is 0 Å². The molecule has 0 aliphatic carbocycles. The lowest BCUT2D eigenvalue weighted by atomic mass is 10.0. The van der Waals surface area contributed by atoms with E-state index in [0.29, 0.717) is 12.5 Å². The molecule has 1 N–H and O–H groups in total. The lowest BCUT2D eigenvalue weighted by molar-refractivity contribution is -0.134. The van der Waals surface area contributed by atoms with Gasteiger partial charge in [0.15, 0.2) is 0 Å². The molecule has 1 rings (SSSR count). The molecule has 3 unspecified atom stereocenters. The summed E-state index contributed by atoms with van der Waals surface area (Å²) < 4.78 is 5.27. The Morgan fingerprint density at radius 2 is 2.12 bits per heavy atom. The van der Waals surface area contributed by atoms with Gasteiger partial charge >= 0.3 is 0 Å². The predicted molar refractivity (Wildman–Crippen MR) is 68.6 cm³/mol. The molecule has 1 heterocycles. The number of hydrogen-bond donors (Lipinski definition) is 1. The summed E-state index contributed by atoms with van der Waals surface area (Å²) in [6, 6.07) is 0.103. The van der Waals surface area contributed by atoms with Crippen molar-refractivity contribution < 1.29 is 9.53 Å². The number of hydrogen-bond acceptors (Lipinski definition) is 3. The normalized spacial score (nSPS) is 26.9. The summed E-state index contributed by atoms with van der Waals surface area (Å²) in [4.78, 5) is 14.2. The Labute approximate surface area is 105 Å². The highest BCUT2D eigenvalue weighted by atomic mass is 16.5. The maximum Gasteiger partial charge on any atom is 0.241 e. The van der Waals surface area contributed by atoms with Crippen molar-refractivity contribution in [2.24, 2.45) is 5.92 Å². The van der Waals surface area contributed by atoms with Crippen LogP contribution in [0.5, 0.6) is 0 Å². The average molecular weight is 242 g/mol. The zero-order chi connectivity index (χ0) is 13.0. The van der Waals surface area contributed by atoms with E-state index >= 15 is 0 Å². The van der Waals surface area contributed by atoms with Crippen LogP contribution in [0.3, 0.4) is 0 Å². The summed E-state index contributed by atoms with van der Waals surface area (Å²) in [5, 5.41) is 3.37. The number of amides is 1. The molecule has 0 aromatic heterocycles. The van der Waals surface area contributed by atoms with Crippen molar-refractivity contribution >= 4 is 5.91 Å². The number of nitrogens with zero attached hydrogens (tertiary/aromatic N) is 1. The molecular formula is C13H26N2O2. The van der Waals surface area contributed by atoms with Crippen molar-refractivity contribution in [1.82, 2.24) is 10.2 Å². The Morgan fingerprint density at radius 1 is 1.47 bits per heavy atom. The fraction of sp³-hybridized carbons (Fsp3) is 0.923. The lowest BCUT2D eigenvalue weighted by Crippen LogP contribution is -2.49. The van der Waals surface area contributed by atoms with Gasteiger partial charge in [0.2, 0.25) is 5.91 Å². The van der Waals surface area contributed by atoms with Gasteiger partial charge in [0.25, 0.3) is 0 Å². The average Bonchev–Trinajstić information content (AvgIpc) is 2.52. The molecule has 0 saturated carbocycles. The first kappa shape index (κ1) is 14.5. The van der Waals surface area contributed by atoms with Crippen LogP contribution in [0.2, 0.25) is 0 Å². The minimum atomic E-state index is -0.0651. The van der Waals surface area contributed by atoms with Gasteiger partial charge in [0.1, 0.15) is 0 Å². The van der Waals surface area contributed by atoms with Crippen LogP contribution in [0.1, 0.15) is 40.5 Å². The first-order valence-electron chi connectivity index (χ1n) is 6.60. The zero-order valence-corrected chi connectivity index (χ0v) is 11.7. The van der Waals surface area contributed by atoms with Gasteiger partial charge in [-0.1, -0.05) is 27.2 Å². The maximum atomic E-state index is 12.2. The molecule has 1 saturated heterocycles. The van der Waals surface area contributed by atoms with Crippen LogP contribution < -0.4 is 5.32 Å². The smallest absolute Gasteiger partial charge is 0.241 e. The van der Waals surface area contributed by atoms with Gasteiger partial charge in [0.05, 0.1) is 24.9 Å². The SMILES string of the molecule is CCCC1NC(C)C(=O)N1C(COC)C(C)C. The molecule has 0 aromatic rings. The Hall–Kier alpha value is -0.610. The van der Waals surface area contributed by atoms with Crippen LogP contribution in [0.15, 0.2) is 0 Å². The van der Waals surface area contributed by atoms with E-state index in [9.17, 15) is 4.79 Å². The van der Waals surface area contributed by atoms with Crippen molar-refractivity contribution in [1.29, 1.82) is 0 Å². The van der Waals surface area contributed by atoms with Crippen molar-refractivity contribution in [3.63, 3.8) is 0 Å². The Balaban J connectivity index is 2.84. The predicted octanol–water partition coefficient (Wildman–Crippen LogP) is 1.60. The number of ether oxygens (including phenoxy) is 1. The van der Waals surface area contributed by atoms with Crippen molar-refractivity contribution in [3.8, 4) is 0 Å². The van der Waals surface area contributed by atoms with Crippen LogP contribution in [0.4, 0.5) is 0 Å². The monoisotopic (exact) mass is 242 g/mol.